The number of aliphatic carboxylic acids is 1. The lowest BCUT2D eigenvalue weighted by Gasteiger charge is -2.35. The highest BCUT2D eigenvalue weighted by Crippen LogP contribution is 2.25. The molecule has 13 heteroatoms. The number of fused-ring (bicyclic) bond motifs is 1. The summed E-state index contributed by atoms with van der Waals surface area (Å²) in [5.41, 5.74) is 2.84. The van der Waals surface area contributed by atoms with Crippen molar-refractivity contribution in [1.29, 1.82) is 0 Å². The van der Waals surface area contributed by atoms with E-state index in [0.29, 0.717) is 13.0 Å². The van der Waals surface area contributed by atoms with Gasteiger partial charge in [-0.2, -0.15) is 13.2 Å². The molecule has 0 aliphatic carbocycles. The summed E-state index contributed by atoms with van der Waals surface area (Å²) >= 11 is 0. The number of carboxylic acid groups (broad SMARTS) is 1. The molecule has 0 spiro atoms. The maximum atomic E-state index is 13.7. The van der Waals surface area contributed by atoms with E-state index in [-0.39, 0.29) is 23.3 Å². The van der Waals surface area contributed by atoms with Gasteiger partial charge in [0.15, 0.2) is 11.6 Å². The number of benzene rings is 3. The molecule has 2 heterocycles. The van der Waals surface area contributed by atoms with Crippen molar-refractivity contribution in [2.75, 3.05) is 19.6 Å². The van der Waals surface area contributed by atoms with Crippen LogP contribution in [0, 0.1) is 11.6 Å². The van der Waals surface area contributed by atoms with Gasteiger partial charge in [-0.15, -0.1) is 0 Å². The van der Waals surface area contributed by atoms with Crippen molar-refractivity contribution >= 4 is 22.9 Å². The highest BCUT2D eigenvalue weighted by Gasteiger charge is 2.38. The van der Waals surface area contributed by atoms with Gasteiger partial charge in [0.1, 0.15) is 0 Å². The minimum Gasteiger partial charge on any atom is -0.475 e. The number of H-pyrrole nitrogens is 1. The summed E-state index contributed by atoms with van der Waals surface area (Å²) in [5.74, 6) is -5.22. The molecular weight excluding hydrogens is 575 g/mol. The fourth-order valence-electron chi connectivity index (χ4n) is 5.07. The van der Waals surface area contributed by atoms with Gasteiger partial charge < -0.3 is 20.3 Å². The van der Waals surface area contributed by atoms with Crippen molar-refractivity contribution in [3.63, 3.8) is 0 Å². The van der Waals surface area contributed by atoms with E-state index in [1.807, 2.05) is 59.2 Å². The third-order valence-corrected chi connectivity index (χ3v) is 7.11. The molecule has 4 aromatic rings. The molecular formula is C30H29F5N4O4. The number of nitrogens with one attached hydrogen (secondary N) is 2. The summed E-state index contributed by atoms with van der Waals surface area (Å²) in [6, 6.07) is 20.6. The summed E-state index contributed by atoms with van der Waals surface area (Å²) in [6.07, 6.45) is -2.84. The van der Waals surface area contributed by atoms with Gasteiger partial charge in [-0.3, -0.25) is 9.36 Å². The van der Waals surface area contributed by atoms with Crippen LogP contribution < -0.4 is 11.0 Å². The average Bonchev–Trinajstić information content (AvgIpc) is 3.31. The third-order valence-electron chi connectivity index (χ3n) is 7.11. The van der Waals surface area contributed by atoms with Crippen molar-refractivity contribution in [3.05, 3.63) is 106 Å². The molecule has 0 bridgehead atoms. The van der Waals surface area contributed by atoms with Crippen molar-refractivity contribution in [1.82, 2.24) is 19.8 Å². The van der Waals surface area contributed by atoms with Crippen LogP contribution >= 0.6 is 0 Å². The van der Waals surface area contributed by atoms with Crippen molar-refractivity contribution < 1.29 is 36.6 Å². The predicted molar refractivity (Wildman–Crippen MR) is 149 cm³/mol. The zero-order chi connectivity index (χ0) is 31.1. The maximum Gasteiger partial charge on any atom is 0.490 e. The second kappa shape index (κ2) is 13.6. The molecule has 1 amide bonds. The molecule has 1 aromatic heterocycles. The van der Waals surface area contributed by atoms with Gasteiger partial charge in [0.2, 0.25) is 0 Å². The van der Waals surface area contributed by atoms with Crippen molar-refractivity contribution in [3.8, 4) is 0 Å². The second-order valence-corrected chi connectivity index (χ2v) is 10.1. The van der Waals surface area contributed by atoms with Crippen molar-refractivity contribution in [2.45, 2.75) is 37.5 Å². The summed E-state index contributed by atoms with van der Waals surface area (Å²) < 4.78 is 60.6. The molecule has 5 rings (SSSR count). The minimum absolute atomic E-state index is 0.0874. The van der Waals surface area contributed by atoms with Gasteiger partial charge >= 0.3 is 17.8 Å². The van der Waals surface area contributed by atoms with Gasteiger partial charge in [0.05, 0.1) is 11.0 Å². The van der Waals surface area contributed by atoms with E-state index >= 15 is 0 Å². The fourth-order valence-corrected chi connectivity index (χ4v) is 5.07. The minimum atomic E-state index is -5.08. The number of halogens is 5. The van der Waals surface area contributed by atoms with Crippen molar-refractivity contribution in [2.24, 2.45) is 0 Å². The maximum absolute atomic E-state index is 13.7. The zero-order valence-electron chi connectivity index (χ0n) is 22.8. The normalized spacial score (nSPS) is 15.0. The Balaban J connectivity index is 0.000000541. The van der Waals surface area contributed by atoms with E-state index in [1.54, 1.807) is 0 Å². The van der Waals surface area contributed by atoms with Gasteiger partial charge in [-0.1, -0.05) is 42.5 Å². The molecule has 0 saturated carbocycles. The molecule has 1 aliphatic rings. The Labute approximate surface area is 242 Å². The number of hydrogen-bond acceptors (Lipinski definition) is 4. The number of nitrogens with zero attached hydrogens (tertiary/aromatic N) is 2. The predicted octanol–water partition coefficient (Wildman–Crippen LogP) is 4.92. The summed E-state index contributed by atoms with van der Waals surface area (Å²) in [6.45, 7) is 2.17. The van der Waals surface area contributed by atoms with Crippen LogP contribution in [0.25, 0.3) is 11.0 Å². The van der Waals surface area contributed by atoms with Crippen LogP contribution in [0.3, 0.4) is 0 Å². The molecule has 8 nitrogen and oxygen atoms in total. The van der Waals surface area contributed by atoms with Crippen LogP contribution in [-0.2, 0) is 11.2 Å². The second-order valence-electron chi connectivity index (χ2n) is 10.1. The molecule has 1 fully saturated rings. The number of imidazole rings is 1. The zero-order valence-corrected chi connectivity index (χ0v) is 22.8. The molecule has 43 heavy (non-hydrogen) atoms. The first-order chi connectivity index (χ1) is 20.4. The summed E-state index contributed by atoms with van der Waals surface area (Å²) in [5, 5.41) is 10.1. The Morgan fingerprint density at radius 2 is 1.58 bits per heavy atom. The number of alkyl halides is 3. The SMILES string of the molecule is O=C(N[C@@H](Cc1ccccc1)CN1CCC(n2c(=O)[nH]c3ccccc32)CC1)c1ccc(F)c(F)c1.O=C(O)C(F)(F)F. The quantitative estimate of drug-likeness (QED) is 0.260. The lowest BCUT2D eigenvalue weighted by atomic mass is 10.0. The van der Waals surface area contributed by atoms with E-state index in [4.69, 9.17) is 9.90 Å². The van der Waals surface area contributed by atoms with E-state index in [1.165, 1.54) is 6.07 Å². The Morgan fingerprint density at radius 3 is 2.21 bits per heavy atom. The number of carboxylic acids is 1. The molecule has 1 atom stereocenters. The standard InChI is InChI=1S/C28H28F2N4O2.C2HF3O2/c29-23-11-10-20(17-24(23)30)27(35)31-21(16-19-6-2-1-3-7-19)18-33-14-12-22(13-15-33)34-26-9-5-4-8-25(26)32-28(34)36;3-2(4,5)1(6)7/h1-11,17,21-22H,12-16,18H2,(H,31,35)(H,32,36);(H,6,7)/t21-;/m0./s1. The Kier molecular flexibility index (Phi) is 9.96. The van der Waals surface area contributed by atoms with E-state index < -0.39 is 29.7 Å². The van der Waals surface area contributed by atoms with E-state index in [9.17, 15) is 31.5 Å². The molecule has 0 unspecified atom stereocenters. The number of piperidine rings is 1. The number of hydrogen-bond donors (Lipinski definition) is 3. The molecule has 228 valence electrons. The monoisotopic (exact) mass is 604 g/mol. The number of amides is 1. The Hall–Kier alpha value is -4.52. The first-order valence-corrected chi connectivity index (χ1v) is 13.4. The van der Waals surface area contributed by atoms with Crippen LogP contribution in [0.5, 0.6) is 0 Å². The number of likely N-dealkylation sites (tertiary alicyclic amines) is 1. The van der Waals surface area contributed by atoms with Gasteiger partial charge in [0.25, 0.3) is 5.91 Å². The molecule has 3 N–H and O–H groups in total. The summed E-state index contributed by atoms with van der Waals surface area (Å²) in [4.78, 5) is 39.6. The lowest BCUT2D eigenvalue weighted by Crippen LogP contribution is -2.47. The molecule has 1 aliphatic heterocycles. The van der Waals surface area contributed by atoms with Gasteiger partial charge in [-0.25, -0.2) is 18.4 Å². The van der Waals surface area contributed by atoms with Crippen LogP contribution in [-0.4, -0.2) is 63.3 Å². The number of carbonyl (C=O) groups excluding carboxylic acids is 1. The molecule has 0 radical (unpaired) electrons. The highest BCUT2D eigenvalue weighted by molar-refractivity contribution is 5.94. The van der Waals surface area contributed by atoms with E-state index in [0.717, 1.165) is 54.7 Å². The molecule has 3 aromatic carbocycles. The largest absolute Gasteiger partial charge is 0.490 e. The first-order valence-electron chi connectivity index (χ1n) is 13.4. The number of aromatic nitrogens is 2. The van der Waals surface area contributed by atoms with Crippen LogP contribution in [0.1, 0.15) is 34.8 Å². The third kappa shape index (κ3) is 8.28. The topological polar surface area (TPSA) is 107 Å². The van der Waals surface area contributed by atoms with Crippen LogP contribution in [0.4, 0.5) is 22.0 Å². The van der Waals surface area contributed by atoms with Crippen LogP contribution in [0.2, 0.25) is 0 Å². The van der Waals surface area contributed by atoms with Crippen LogP contribution in [0.15, 0.2) is 77.6 Å². The van der Waals surface area contributed by atoms with E-state index in [2.05, 4.69) is 15.2 Å². The fraction of sp³-hybridized carbons (Fsp3) is 0.300. The smallest absolute Gasteiger partial charge is 0.475 e. The number of para-hydroxylation sites is 2. The highest BCUT2D eigenvalue weighted by atomic mass is 19.4. The number of aromatic amines is 1. The Bertz CT molecular complexity index is 1610. The summed E-state index contributed by atoms with van der Waals surface area (Å²) in [7, 11) is 0. The first kappa shape index (κ1) is 31.4. The average molecular weight is 605 g/mol. The Morgan fingerprint density at radius 1 is 0.953 bits per heavy atom. The van der Waals surface area contributed by atoms with Gasteiger partial charge in [-0.05, 0) is 55.2 Å². The lowest BCUT2D eigenvalue weighted by molar-refractivity contribution is -0.192. The molecule has 1 saturated heterocycles. The number of rotatable bonds is 7. The van der Waals surface area contributed by atoms with Gasteiger partial charge in [0, 0.05) is 37.3 Å². The number of carbonyl (C=O) groups is 2.